The monoisotopic (exact) mass is 393 g/mol. The van der Waals surface area contributed by atoms with Crippen LogP contribution in [0.2, 0.25) is 0 Å². The Morgan fingerprint density at radius 1 is 1.00 bits per heavy atom. The van der Waals surface area contributed by atoms with Crippen LogP contribution >= 0.6 is 0 Å². The van der Waals surface area contributed by atoms with Crippen molar-refractivity contribution in [1.29, 1.82) is 0 Å². The number of aromatic nitrogens is 1. The molecular formula is C25H35N3O. The quantitative estimate of drug-likeness (QED) is 0.580. The fraction of sp³-hybridized carbons (Fsp3) is 0.520. The average Bonchev–Trinajstić information content (AvgIpc) is 2.78. The molecule has 1 fully saturated rings. The van der Waals surface area contributed by atoms with Crippen LogP contribution in [0.15, 0.2) is 54.7 Å². The molecule has 3 rings (SSSR count). The summed E-state index contributed by atoms with van der Waals surface area (Å²) in [5.74, 6) is 0.901. The van der Waals surface area contributed by atoms with Crippen molar-refractivity contribution < 1.29 is 4.79 Å². The van der Waals surface area contributed by atoms with Crippen molar-refractivity contribution in [3.05, 3.63) is 66.0 Å². The van der Waals surface area contributed by atoms with Crippen molar-refractivity contribution in [2.24, 2.45) is 5.92 Å². The van der Waals surface area contributed by atoms with E-state index in [-0.39, 0.29) is 5.91 Å². The normalized spacial score (nSPS) is 15.3. The highest BCUT2D eigenvalue weighted by Crippen LogP contribution is 2.20. The minimum atomic E-state index is 0.145. The van der Waals surface area contributed by atoms with E-state index in [1.165, 1.54) is 57.3 Å². The highest BCUT2D eigenvalue weighted by Gasteiger charge is 2.18. The largest absolute Gasteiger partial charge is 0.356 e. The van der Waals surface area contributed by atoms with Gasteiger partial charge in [-0.15, -0.1) is 0 Å². The molecule has 2 aromatic rings. The molecule has 156 valence electrons. The Hall–Kier alpha value is -2.20. The summed E-state index contributed by atoms with van der Waals surface area (Å²) in [6.07, 6.45) is 10.4. The first-order chi connectivity index (χ1) is 14.3. The first-order valence-corrected chi connectivity index (χ1v) is 11.2. The number of pyridine rings is 1. The molecule has 0 saturated carbocycles. The molecule has 1 aliphatic heterocycles. The maximum absolute atomic E-state index is 12.0. The van der Waals surface area contributed by atoms with E-state index in [2.05, 4.69) is 45.5 Å². The molecule has 1 saturated heterocycles. The van der Waals surface area contributed by atoms with Gasteiger partial charge in [0, 0.05) is 24.9 Å². The number of piperidine rings is 1. The van der Waals surface area contributed by atoms with Gasteiger partial charge in [-0.25, -0.2) is 0 Å². The Morgan fingerprint density at radius 3 is 2.55 bits per heavy atom. The zero-order valence-corrected chi connectivity index (χ0v) is 17.6. The summed E-state index contributed by atoms with van der Waals surface area (Å²) in [5.41, 5.74) is 2.44. The van der Waals surface area contributed by atoms with Gasteiger partial charge in [-0.1, -0.05) is 36.4 Å². The lowest BCUT2D eigenvalue weighted by atomic mass is 9.93. The van der Waals surface area contributed by atoms with Crippen LogP contribution in [0.1, 0.15) is 49.8 Å². The van der Waals surface area contributed by atoms with E-state index in [0.717, 1.165) is 31.0 Å². The zero-order chi connectivity index (χ0) is 20.2. The van der Waals surface area contributed by atoms with Gasteiger partial charge < -0.3 is 10.2 Å². The first-order valence-electron chi connectivity index (χ1n) is 11.2. The molecule has 1 aliphatic rings. The van der Waals surface area contributed by atoms with Crippen LogP contribution in [0.4, 0.5) is 0 Å². The average molecular weight is 394 g/mol. The third-order valence-electron chi connectivity index (χ3n) is 5.95. The number of nitrogens with one attached hydrogen (secondary N) is 1. The number of unbranched alkanes of at least 4 members (excludes halogenated alkanes) is 1. The first kappa shape index (κ1) is 21.5. The van der Waals surface area contributed by atoms with Crippen molar-refractivity contribution >= 4 is 5.91 Å². The van der Waals surface area contributed by atoms with Gasteiger partial charge in [0.2, 0.25) is 5.91 Å². The molecule has 1 aromatic heterocycles. The van der Waals surface area contributed by atoms with Crippen molar-refractivity contribution in [3.63, 3.8) is 0 Å². The molecule has 1 aromatic carbocycles. The Morgan fingerprint density at radius 2 is 1.79 bits per heavy atom. The van der Waals surface area contributed by atoms with Gasteiger partial charge >= 0.3 is 0 Å². The molecule has 0 unspecified atom stereocenters. The van der Waals surface area contributed by atoms with Gasteiger partial charge in [0.15, 0.2) is 0 Å². The summed E-state index contributed by atoms with van der Waals surface area (Å²) in [6, 6.07) is 16.6. The van der Waals surface area contributed by atoms with Gasteiger partial charge in [0.1, 0.15) is 0 Å². The Kier molecular flexibility index (Phi) is 9.18. The maximum atomic E-state index is 12.0. The molecule has 0 atom stereocenters. The van der Waals surface area contributed by atoms with Crippen LogP contribution < -0.4 is 5.32 Å². The second-order valence-electron chi connectivity index (χ2n) is 8.19. The van der Waals surface area contributed by atoms with Crippen LogP contribution in [0.3, 0.4) is 0 Å². The number of amides is 1. The number of hydrogen-bond acceptors (Lipinski definition) is 3. The van der Waals surface area contributed by atoms with Gasteiger partial charge in [-0.2, -0.15) is 0 Å². The number of hydrogen-bond donors (Lipinski definition) is 1. The highest BCUT2D eigenvalue weighted by molar-refractivity contribution is 5.76. The van der Waals surface area contributed by atoms with Gasteiger partial charge in [0.05, 0.1) is 0 Å². The predicted octanol–water partition coefficient (Wildman–Crippen LogP) is 4.26. The zero-order valence-electron chi connectivity index (χ0n) is 17.6. The predicted molar refractivity (Wildman–Crippen MR) is 119 cm³/mol. The highest BCUT2D eigenvalue weighted by atomic mass is 16.1. The number of rotatable bonds is 11. The van der Waals surface area contributed by atoms with Crippen molar-refractivity contribution in [3.8, 4) is 0 Å². The van der Waals surface area contributed by atoms with E-state index in [1.807, 2.05) is 18.2 Å². The lowest BCUT2D eigenvalue weighted by molar-refractivity contribution is -0.121. The molecule has 29 heavy (non-hydrogen) atoms. The molecule has 4 nitrogen and oxygen atoms in total. The minimum Gasteiger partial charge on any atom is -0.356 e. The van der Waals surface area contributed by atoms with Crippen LogP contribution in [0.25, 0.3) is 0 Å². The van der Waals surface area contributed by atoms with Gasteiger partial charge in [0.25, 0.3) is 0 Å². The van der Waals surface area contributed by atoms with Crippen LogP contribution in [0, 0.1) is 5.92 Å². The lowest BCUT2D eigenvalue weighted by Crippen LogP contribution is -2.35. The molecule has 0 radical (unpaired) electrons. The lowest BCUT2D eigenvalue weighted by Gasteiger charge is -2.32. The summed E-state index contributed by atoms with van der Waals surface area (Å²) >= 11 is 0. The second kappa shape index (κ2) is 12.4. The molecular weight excluding hydrogens is 358 g/mol. The molecule has 2 heterocycles. The Bertz CT molecular complexity index is 697. The van der Waals surface area contributed by atoms with Crippen LogP contribution in [0.5, 0.6) is 0 Å². The summed E-state index contributed by atoms with van der Waals surface area (Å²) in [5, 5.41) is 3.09. The number of aryl methyl sites for hydroxylation is 2. The van der Waals surface area contributed by atoms with E-state index in [4.69, 9.17) is 0 Å². The van der Waals surface area contributed by atoms with Gasteiger partial charge in [-0.05, 0) is 88.2 Å². The van der Waals surface area contributed by atoms with Crippen LogP contribution in [-0.4, -0.2) is 42.0 Å². The summed E-state index contributed by atoms with van der Waals surface area (Å²) in [4.78, 5) is 18.9. The Balaban J connectivity index is 1.19. The van der Waals surface area contributed by atoms with Crippen molar-refractivity contribution in [2.75, 3.05) is 26.2 Å². The molecule has 0 aliphatic carbocycles. The van der Waals surface area contributed by atoms with Crippen molar-refractivity contribution in [2.45, 2.75) is 51.4 Å². The third-order valence-corrected chi connectivity index (χ3v) is 5.95. The van der Waals surface area contributed by atoms with E-state index < -0.39 is 0 Å². The molecule has 1 amide bonds. The molecule has 1 N–H and O–H groups in total. The van der Waals surface area contributed by atoms with E-state index in [0.29, 0.717) is 6.42 Å². The number of carbonyl (C=O) groups is 1. The number of benzene rings is 1. The number of likely N-dealkylation sites (tertiary alicyclic amines) is 1. The second-order valence-corrected chi connectivity index (χ2v) is 8.19. The van der Waals surface area contributed by atoms with E-state index >= 15 is 0 Å². The third kappa shape index (κ3) is 8.36. The molecule has 0 bridgehead atoms. The Labute approximate surface area is 175 Å². The fourth-order valence-corrected chi connectivity index (χ4v) is 4.10. The topological polar surface area (TPSA) is 45.2 Å². The van der Waals surface area contributed by atoms with Crippen molar-refractivity contribution in [1.82, 2.24) is 15.2 Å². The number of nitrogens with zero attached hydrogens (tertiary/aromatic N) is 2. The summed E-state index contributed by atoms with van der Waals surface area (Å²) in [7, 11) is 0. The van der Waals surface area contributed by atoms with E-state index in [1.54, 1.807) is 6.20 Å². The maximum Gasteiger partial charge on any atom is 0.220 e. The SMILES string of the molecule is O=C(CCc1ccccn1)NCCC1CCN(CCCCc2ccccc2)CC1. The summed E-state index contributed by atoms with van der Waals surface area (Å²) in [6.45, 7) is 4.46. The fourth-order valence-electron chi connectivity index (χ4n) is 4.10. The molecule has 0 spiro atoms. The van der Waals surface area contributed by atoms with Gasteiger partial charge in [-0.3, -0.25) is 9.78 Å². The summed E-state index contributed by atoms with van der Waals surface area (Å²) < 4.78 is 0. The minimum absolute atomic E-state index is 0.145. The van der Waals surface area contributed by atoms with E-state index in [9.17, 15) is 4.79 Å². The smallest absolute Gasteiger partial charge is 0.220 e. The standard InChI is InChI=1S/C25H35N3O/c29-25(13-12-24-11-4-6-17-26-24)27-18-14-23-15-20-28(21-16-23)19-7-5-10-22-8-2-1-3-9-22/h1-4,6,8-9,11,17,23H,5,7,10,12-16,18-21H2,(H,27,29). The van der Waals surface area contributed by atoms with Crippen LogP contribution in [-0.2, 0) is 17.6 Å². The molecule has 4 heteroatoms. The number of carbonyl (C=O) groups excluding carboxylic acids is 1.